The molecular formula is C12H12O3. The van der Waals surface area contributed by atoms with Gasteiger partial charge in [-0.15, -0.1) is 0 Å². The first-order chi connectivity index (χ1) is 7.30. The average molecular weight is 204 g/mol. The molecule has 0 radical (unpaired) electrons. The number of ether oxygens (including phenoxy) is 2. The maximum absolute atomic E-state index is 5.56. The van der Waals surface area contributed by atoms with E-state index in [1.807, 2.05) is 18.2 Å². The van der Waals surface area contributed by atoms with Crippen LogP contribution in [-0.4, -0.2) is 14.2 Å². The summed E-state index contributed by atoms with van der Waals surface area (Å²) >= 11 is 0. The van der Waals surface area contributed by atoms with Crippen molar-refractivity contribution in [3.63, 3.8) is 0 Å². The Morgan fingerprint density at radius 2 is 2.07 bits per heavy atom. The summed E-state index contributed by atoms with van der Waals surface area (Å²) in [4.78, 5) is 0. The SMILES string of the molecule is C=Cc1oc2cc(OC)ccc2c1OC. The highest BCUT2D eigenvalue weighted by molar-refractivity contribution is 5.88. The Balaban J connectivity index is 2.70. The van der Waals surface area contributed by atoms with E-state index in [-0.39, 0.29) is 0 Å². The largest absolute Gasteiger partial charge is 0.497 e. The van der Waals surface area contributed by atoms with Crippen LogP contribution >= 0.6 is 0 Å². The highest BCUT2D eigenvalue weighted by atomic mass is 16.5. The monoisotopic (exact) mass is 204 g/mol. The van der Waals surface area contributed by atoms with Crippen LogP contribution in [0.1, 0.15) is 5.76 Å². The van der Waals surface area contributed by atoms with E-state index < -0.39 is 0 Å². The Labute approximate surface area is 87.9 Å². The first-order valence-corrected chi connectivity index (χ1v) is 4.57. The van der Waals surface area contributed by atoms with Gasteiger partial charge in [-0.05, 0) is 18.2 Å². The van der Waals surface area contributed by atoms with E-state index in [1.165, 1.54) is 0 Å². The number of hydrogen-bond donors (Lipinski definition) is 0. The molecule has 0 N–H and O–H groups in total. The number of hydrogen-bond acceptors (Lipinski definition) is 3. The first kappa shape index (κ1) is 9.65. The molecule has 0 bridgehead atoms. The maximum Gasteiger partial charge on any atom is 0.172 e. The second kappa shape index (κ2) is 3.69. The fraction of sp³-hybridized carbons (Fsp3) is 0.167. The third kappa shape index (κ3) is 1.46. The standard InChI is InChI=1S/C12H12O3/c1-4-10-12(14-3)9-6-5-8(13-2)7-11(9)15-10/h4-7H,1H2,2-3H3. The van der Waals surface area contributed by atoms with Crippen LogP contribution < -0.4 is 9.47 Å². The van der Waals surface area contributed by atoms with E-state index in [0.717, 1.165) is 16.7 Å². The molecule has 2 aromatic rings. The van der Waals surface area contributed by atoms with E-state index in [4.69, 9.17) is 13.9 Å². The molecule has 0 aliphatic rings. The van der Waals surface area contributed by atoms with E-state index >= 15 is 0 Å². The van der Waals surface area contributed by atoms with Crippen LogP contribution in [0.25, 0.3) is 17.0 Å². The van der Waals surface area contributed by atoms with Gasteiger partial charge in [-0.1, -0.05) is 6.58 Å². The third-order valence-electron chi connectivity index (χ3n) is 2.27. The van der Waals surface area contributed by atoms with Crippen molar-refractivity contribution in [3.8, 4) is 11.5 Å². The van der Waals surface area contributed by atoms with Crippen molar-refractivity contribution in [1.29, 1.82) is 0 Å². The molecule has 0 spiro atoms. The average Bonchev–Trinajstić information content (AvgIpc) is 2.65. The molecule has 0 saturated heterocycles. The molecule has 3 heteroatoms. The van der Waals surface area contributed by atoms with E-state index in [2.05, 4.69) is 6.58 Å². The van der Waals surface area contributed by atoms with Gasteiger partial charge in [-0.3, -0.25) is 0 Å². The van der Waals surface area contributed by atoms with Gasteiger partial charge in [-0.25, -0.2) is 0 Å². The van der Waals surface area contributed by atoms with Crippen LogP contribution in [0.15, 0.2) is 29.2 Å². The van der Waals surface area contributed by atoms with Gasteiger partial charge in [0.25, 0.3) is 0 Å². The summed E-state index contributed by atoms with van der Waals surface area (Å²) in [5.41, 5.74) is 0.737. The number of fused-ring (bicyclic) bond motifs is 1. The van der Waals surface area contributed by atoms with Crippen LogP contribution in [-0.2, 0) is 0 Å². The minimum absolute atomic E-state index is 0.640. The second-order valence-electron chi connectivity index (χ2n) is 3.07. The van der Waals surface area contributed by atoms with Crippen molar-refractivity contribution in [1.82, 2.24) is 0 Å². The summed E-state index contributed by atoms with van der Waals surface area (Å²) in [6, 6.07) is 5.60. The zero-order chi connectivity index (χ0) is 10.8. The lowest BCUT2D eigenvalue weighted by atomic mass is 10.2. The molecule has 0 aliphatic heterocycles. The zero-order valence-electron chi connectivity index (χ0n) is 8.74. The molecule has 78 valence electrons. The predicted molar refractivity (Wildman–Crippen MR) is 59.4 cm³/mol. The van der Waals surface area contributed by atoms with Crippen LogP contribution in [0.4, 0.5) is 0 Å². The molecule has 3 nitrogen and oxygen atoms in total. The fourth-order valence-electron chi connectivity index (χ4n) is 1.54. The van der Waals surface area contributed by atoms with Crippen LogP contribution in [0.5, 0.6) is 11.5 Å². The van der Waals surface area contributed by atoms with E-state index in [9.17, 15) is 0 Å². The molecule has 0 aliphatic carbocycles. The molecule has 15 heavy (non-hydrogen) atoms. The maximum atomic E-state index is 5.56. The fourth-order valence-corrected chi connectivity index (χ4v) is 1.54. The van der Waals surface area contributed by atoms with E-state index in [0.29, 0.717) is 11.5 Å². The topological polar surface area (TPSA) is 31.6 Å². The Kier molecular flexibility index (Phi) is 2.37. The lowest BCUT2D eigenvalue weighted by molar-refractivity contribution is 0.407. The normalized spacial score (nSPS) is 10.3. The minimum Gasteiger partial charge on any atom is -0.497 e. The molecule has 0 saturated carbocycles. The van der Waals surface area contributed by atoms with E-state index in [1.54, 1.807) is 20.3 Å². The Morgan fingerprint density at radius 3 is 2.67 bits per heavy atom. The Bertz CT molecular complexity index is 497. The summed E-state index contributed by atoms with van der Waals surface area (Å²) in [6.07, 6.45) is 1.63. The van der Waals surface area contributed by atoms with Crippen molar-refractivity contribution in [2.45, 2.75) is 0 Å². The molecule has 0 fully saturated rings. The number of benzene rings is 1. The lowest BCUT2D eigenvalue weighted by Crippen LogP contribution is -1.83. The molecule has 1 aromatic heterocycles. The van der Waals surface area contributed by atoms with Crippen molar-refractivity contribution in [3.05, 3.63) is 30.5 Å². The highest BCUT2D eigenvalue weighted by Gasteiger charge is 2.12. The molecule has 0 amide bonds. The van der Waals surface area contributed by atoms with Gasteiger partial charge < -0.3 is 13.9 Å². The third-order valence-corrected chi connectivity index (χ3v) is 2.27. The van der Waals surface area contributed by atoms with Crippen molar-refractivity contribution in [2.24, 2.45) is 0 Å². The quantitative estimate of drug-likeness (QED) is 0.769. The van der Waals surface area contributed by atoms with Crippen LogP contribution in [0.3, 0.4) is 0 Å². The molecule has 0 atom stereocenters. The number of furan rings is 1. The smallest absolute Gasteiger partial charge is 0.172 e. The molecule has 2 rings (SSSR count). The van der Waals surface area contributed by atoms with Gasteiger partial charge in [0.2, 0.25) is 0 Å². The Morgan fingerprint density at radius 1 is 1.27 bits per heavy atom. The molecule has 0 unspecified atom stereocenters. The summed E-state index contributed by atoms with van der Waals surface area (Å²) in [5, 5.41) is 0.924. The van der Waals surface area contributed by atoms with Crippen LogP contribution in [0, 0.1) is 0 Å². The van der Waals surface area contributed by atoms with Crippen molar-refractivity contribution >= 4 is 17.0 Å². The Hall–Kier alpha value is -1.90. The lowest BCUT2D eigenvalue weighted by Gasteiger charge is -1.98. The molecule has 1 aromatic carbocycles. The van der Waals surface area contributed by atoms with Crippen LogP contribution in [0.2, 0.25) is 0 Å². The second-order valence-corrected chi connectivity index (χ2v) is 3.07. The first-order valence-electron chi connectivity index (χ1n) is 4.57. The summed E-state index contributed by atoms with van der Waals surface area (Å²) in [6.45, 7) is 3.67. The predicted octanol–water partition coefficient (Wildman–Crippen LogP) is 3.09. The molecular weight excluding hydrogens is 192 g/mol. The van der Waals surface area contributed by atoms with Gasteiger partial charge in [0.05, 0.1) is 19.6 Å². The van der Waals surface area contributed by atoms with Crippen molar-refractivity contribution in [2.75, 3.05) is 14.2 Å². The zero-order valence-corrected chi connectivity index (χ0v) is 8.74. The van der Waals surface area contributed by atoms with Gasteiger partial charge in [0, 0.05) is 6.07 Å². The number of methoxy groups -OCH3 is 2. The van der Waals surface area contributed by atoms with Crippen molar-refractivity contribution < 1.29 is 13.9 Å². The molecule has 1 heterocycles. The summed E-state index contributed by atoms with van der Waals surface area (Å²) in [7, 11) is 3.23. The summed E-state index contributed by atoms with van der Waals surface area (Å²) < 4.78 is 15.9. The highest BCUT2D eigenvalue weighted by Crippen LogP contribution is 2.35. The summed E-state index contributed by atoms with van der Waals surface area (Å²) in [5.74, 6) is 2.11. The van der Waals surface area contributed by atoms with Gasteiger partial charge in [0.15, 0.2) is 11.5 Å². The van der Waals surface area contributed by atoms with Gasteiger partial charge in [-0.2, -0.15) is 0 Å². The number of rotatable bonds is 3. The minimum atomic E-state index is 0.640. The van der Waals surface area contributed by atoms with Gasteiger partial charge >= 0.3 is 0 Å². The van der Waals surface area contributed by atoms with Gasteiger partial charge in [0.1, 0.15) is 11.3 Å².